The van der Waals surface area contributed by atoms with Crippen molar-refractivity contribution in [3.63, 3.8) is 0 Å². The van der Waals surface area contributed by atoms with Crippen molar-refractivity contribution < 1.29 is 70.7 Å². The molecule has 4 heterocycles. The summed E-state index contributed by atoms with van der Waals surface area (Å²) in [5, 5.41) is 10.2. The first-order valence-electron chi connectivity index (χ1n) is 13.0. The summed E-state index contributed by atoms with van der Waals surface area (Å²) in [4.78, 5) is 55.2. The summed E-state index contributed by atoms with van der Waals surface area (Å²) < 4.78 is 68.6. The van der Waals surface area contributed by atoms with Crippen molar-refractivity contribution in [3.8, 4) is 0 Å². The van der Waals surface area contributed by atoms with Crippen molar-refractivity contribution in [2.45, 2.75) is 83.3 Å². The summed E-state index contributed by atoms with van der Waals surface area (Å²) in [5.41, 5.74) is 5.05. The molecule has 2 aromatic heterocycles. The Morgan fingerprint density at radius 3 is 2.45 bits per heavy atom. The van der Waals surface area contributed by atoms with E-state index in [1.54, 1.807) is 20.8 Å². The Morgan fingerprint density at radius 1 is 1.11 bits per heavy atom. The molecule has 0 spiro atoms. The summed E-state index contributed by atoms with van der Waals surface area (Å²) in [6, 6.07) is 0. The molecule has 0 radical (unpaired) electrons. The zero-order valence-corrected chi connectivity index (χ0v) is 26.0. The van der Waals surface area contributed by atoms with Gasteiger partial charge >= 0.3 is 27.6 Å². The minimum Gasteiger partial charge on any atom is -0.462 e. The summed E-state index contributed by atoms with van der Waals surface area (Å²) in [6.45, 7) is 5.47. The average molecular weight is 669 g/mol. The minimum atomic E-state index is -5.59. The van der Waals surface area contributed by atoms with Crippen LogP contribution < -0.4 is 5.73 Å². The molecule has 2 aliphatic heterocycles. The van der Waals surface area contributed by atoms with Crippen LogP contribution in [0.15, 0.2) is 12.7 Å². The molecule has 0 bridgehead atoms. The number of anilines is 1. The number of nitrogen functional groups attached to an aromatic ring is 1. The van der Waals surface area contributed by atoms with E-state index in [1.807, 2.05) is 0 Å². The SMILES string of the molecule is CCC1(COP(=O)(O)OP(=O)(O)OC(O)[C@@H](COC(C)=O)OC(C)=O)OC(n2cnc3c(N)ncnc32)C2OC(C)(C)O[C@H]21. The molecule has 2 aromatic rings. The second-order valence-corrected chi connectivity index (χ2v) is 13.3. The average Bonchev–Trinajstić information content (AvgIpc) is 3.54. The Kier molecular flexibility index (Phi) is 9.85. The van der Waals surface area contributed by atoms with E-state index in [-0.39, 0.29) is 12.2 Å². The largest absolute Gasteiger partial charge is 0.483 e. The van der Waals surface area contributed by atoms with Gasteiger partial charge in [-0.25, -0.2) is 24.1 Å². The first kappa shape index (κ1) is 34.3. The van der Waals surface area contributed by atoms with Crippen LogP contribution in [0.3, 0.4) is 0 Å². The molecule has 5 N–H and O–H groups in total. The van der Waals surface area contributed by atoms with Gasteiger partial charge in [0.15, 0.2) is 29.6 Å². The molecule has 20 nitrogen and oxygen atoms in total. The van der Waals surface area contributed by atoms with Crippen LogP contribution in [0.25, 0.3) is 11.2 Å². The predicted octanol–water partition coefficient (Wildman–Crippen LogP) is 0.670. The molecule has 2 saturated heterocycles. The summed E-state index contributed by atoms with van der Waals surface area (Å²) >= 11 is 0. The third kappa shape index (κ3) is 7.60. The third-order valence-corrected chi connectivity index (χ3v) is 9.14. The van der Waals surface area contributed by atoms with E-state index in [2.05, 4.69) is 28.5 Å². The normalized spacial score (nSPS) is 28.5. The number of imidazole rings is 1. The van der Waals surface area contributed by atoms with Gasteiger partial charge in [0.1, 0.15) is 36.3 Å². The fraction of sp³-hybridized carbons (Fsp3) is 0.682. The fourth-order valence-electron chi connectivity index (χ4n) is 4.71. The van der Waals surface area contributed by atoms with Gasteiger partial charge in [-0.15, -0.1) is 0 Å². The van der Waals surface area contributed by atoms with Crippen LogP contribution in [-0.2, 0) is 55.8 Å². The topological polar surface area (TPSA) is 272 Å². The zero-order valence-electron chi connectivity index (χ0n) is 24.2. The number of aromatic nitrogens is 4. The number of nitrogens with zero attached hydrogens (tertiary/aromatic N) is 4. The number of esters is 2. The molecule has 8 atom stereocenters. The van der Waals surface area contributed by atoms with Gasteiger partial charge in [-0.3, -0.25) is 23.2 Å². The number of phosphoric acid groups is 2. The number of hydrogen-bond donors (Lipinski definition) is 4. The quantitative estimate of drug-likeness (QED) is 0.130. The number of rotatable bonds is 13. The highest BCUT2D eigenvalue weighted by molar-refractivity contribution is 7.61. The Morgan fingerprint density at radius 2 is 1.82 bits per heavy atom. The van der Waals surface area contributed by atoms with E-state index in [9.17, 15) is 33.6 Å². The first-order chi connectivity index (χ1) is 20.4. The molecular weight excluding hydrogens is 636 g/mol. The number of carbonyl (C=O) groups excluding carboxylic acids is 2. The molecule has 0 amide bonds. The molecule has 4 rings (SSSR count). The third-order valence-electron chi connectivity index (χ3n) is 6.55. The Hall–Kier alpha value is -2.61. The number of fused-ring (bicyclic) bond motifs is 2. The molecule has 44 heavy (non-hydrogen) atoms. The predicted molar refractivity (Wildman–Crippen MR) is 143 cm³/mol. The van der Waals surface area contributed by atoms with Gasteiger partial charge in [-0.05, 0) is 20.3 Å². The Bertz CT molecular complexity index is 1490. The van der Waals surface area contributed by atoms with Crippen molar-refractivity contribution in [2.75, 3.05) is 18.9 Å². The van der Waals surface area contributed by atoms with Crippen molar-refractivity contribution in [2.24, 2.45) is 0 Å². The number of aliphatic hydroxyl groups excluding tert-OH is 1. The lowest BCUT2D eigenvalue weighted by molar-refractivity contribution is -0.226. The van der Waals surface area contributed by atoms with Gasteiger partial charge in [-0.2, -0.15) is 4.31 Å². The molecule has 246 valence electrons. The molecule has 0 saturated carbocycles. The summed E-state index contributed by atoms with van der Waals surface area (Å²) in [6.07, 6.45) is -4.08. The standard InChI is InChI=1S/C22H33N5O15P2/c1-6-22(8-36-43(31,32)42-44(33,34)41-20(30)13(37-12(3)29)7-35-11(2)28)16-15(38-21(4,5)39-16)19(40-22)27-10-26-14-17(23)24-9-25-18(14)27/h9-10,13,15-16,19-20,30H,6-8H2,1-5H3,(H,31,32)(H,33,34)(H2,23,24,25)/t13-,15?,16-,19?,20?,22?/m1/s1. The number of nitrogens with two attached hydrogens (primary N) is 1. The number of phosphoric ester groups is 2. The molecular formula is C22H33N5O15P2. The maximum absolute atomic E-state index is 12.8. The van der Waals surface area contributed by atoms with E-state index in [0.29, 0.717) is 11.2 Å². The summed E-state index contributed by atoms with van der Waals surface area (Å²) in [5.74, 6) is -2.78. The van der Waals surface area contributed by atoms with E-state index < -0.39 is 83.0 Å². The molecule has 6 unspecified atom stereocenters. The van der Waals surface area contributed by atoms with Gasteiger partial charge in [-0.1, -0.05) is 6.92 Å². The lowest BCUT2D eigenvalue weighted by Gasteiger charge is -2.34. The maximum atomic E-state index is 12.8. The molecule has 0 aromatic carbocycles. The molecule has 22 heteroatoms. The first-order valence-corrected chi connectivity index (χ1v) is 16.0. The van der Waals surface area contributed by atoms with Crippen molar-refractivity contribution in [1.29, 1.82) is 0 Å². The number of ether oxygens (including phenoxy) is 5. The van der Waals surface area contributed by atoms with Crippen LogP contribution in [0, 0.1) is 0 Å². The zero-order chi connectivity index (χ0) is 32.7. The van der Waals surface area contributed by atoms with Gasteiger partial charge in [0, 0.05) is 13.8 Å². The van der Waals surface area contributed by atoms with Crippen LogP contribution >= 0.6 is 15.6 Å². The highest BCUT2D eigenvalue weighted by Gasteiger charge is 2.63. The van der Waals surface area contributed by atoms with Gasteiger partial charge in [0.05, 0.1) is 12.9 Å². The number of aliphatic hydroxyl groups is 1. The Labute approximate surface area is 249 Å². The number of carbonyl (C=O) groups is 2. The lowest BCUT2D eigenvalue weighted by atomic mass is 9.93. The van der Waals surface area contributed by atoms with E-state index >= 15 is 0 Å². The number of hydrogen-bond acceptors (Lipinski definition) is 17. The van der Waals surface area contributed by atoms with E-state index in [0.717, 1.165) is 13.8 Å². The monoisotopic (exact) mass is 669 g/mol. The minimum absolute atomic E-state index is 0.125. The van der Waals surface area contributed by atoms with Gasteiger partial charge in [0.25, 0.3) is 0 Å². The van der Waals surface area contributed by atoms with Gasteiger partial charge in [0.2, 0.25) is 6.29 Å². The summed E-state index contributed by atoms with van der Waals surface area (Å²) in [7, 11) is -11.0. The second kappa shape index (κ2) is 12.6. The Balaban J connectivity index is 1.50. The molecule has 2 aliphatic rings. The lowest BCUT2D eigenvalue weighted by Crippen LogP contribution is -2.46. The smallest absolute Gasteiger partial charge is 0.462 e. The molecule has 0 aliphatic carbocycles. The van der Waals surface area contributed by atoms with Crippen LogP contribution in [0.4, 0.5) is 5.82 Å². The van der Waals surface area contributed by atoms with Crippen molar-refractivity contribution in [1.82, 2.24) is 19.5 Å². The van der Waals surface area contributed by atoms with Crippen LogP contribution in [0.2, 0.25) is 0 Å². The maximum Gasteiger partial charge on any atom is 0.483 e. The van der Waals surface area contributed by atoms with Crippen molar-refractivity contribution >= 4 is 44.6 Å². The second-order valence-electron chi connectivity index (χ2n) is 10.3. The van der Waals surface area contributed by atoms with Crippen LogP contribution in [0.5, 0.6) is 0 Å². The highest BCUT2D eigenvalue weighted by Crippen LogP contribution is 2.62. The highest BCUT2D eigenvalue weighted by atomic mass is 31.3. The van der Waals surface area contributed by atoms with Crippen LogP contribution in [0.1, 0.15) is 47.3 Å². The fourth-order valence-corrected chi connectivity index (χ4v) is 6.88. The van der Waals surface area contributed by atoms with E-state index in [1.165, 1.54) is 17.2 Å². The van der Waals surface area contributed by atoms with Crippen molar-refractivity contribution in [3.05, 3.63) is 12.7 Å². The van der Waals surface area contributed by atoms with Gasteiger partial charge < -0.3 is 44.3 Å². The van der Waals surface area contributed by atoms with Crippen LogP contribution in [-0.4, -0.2) is 95.6 Å². The van der Waals surface area contributed by atoms with E-state index in [4.69, 9.17) is 29.2 Å². The molecule has 2 fully saturated rings.